The summed E-state index contributed by atoms with van der Waals surface area (Å²) in [7, 11) is 0. The average molecular weight is 385 g/mol. The first-order valence-corrected chi connectivity index (χ1v) is 9.76. The van der Waals surface area contributed by atoms with Crippen molar-refractivity contribution in [3.63, 3.8) is 0 Å². The van der Waals surface area contributed by atoms with Crippen molar-refractivity contribution >= 4 is 28.2 Å². The normalized spacial score (nSPS) is 10.8. The van der Waals surface area contributed by atoms with Crippen LogP contribution in [-0.2, 0) is 6.54 Å². The number of carbonyl (C=O) groups excluding carboxylic acids is 1. The predicted molar refractivity (Wildman–Crippen MR) is 116 cm³/mol. The Hall–Kier alpha value is -3.67. The second-order valence-electron chi connectivity index (χ2n) is 6.69. The molecule has 0 unspecified atom stereocenters. The van der Waals surface area contributed by atoms with Gasteiger partial charge in [-0.25, -0.2) is 0 Å². The maximum absolute atomic E-state index is 12.7. The number of hydrogen-bond donors (Lipinski definition) is 2. The van der Waals surface area contributed by atoms with Crippen LogP contribution < -0.4 is 10.6 Å². The van der Waals surface area contributed by atoms with Gasteiger partial charge in [0.1, 0.15) is 0 Å². The van der Waals surface area contributed by atoms with Gasteiger partial charge in [0.2, 0.25) is 0 Å². The van der Waals surface area contributed by atoms with Gasteiger partial charge in [0.05, 0.1) is 22.5 Å². The number of benzene rings is 2. The summed E-state index contributed by atoms with van der Waals surface area (Å²) in [6.07, 6.45) is 3.59. The number of nitrogens with zero attached hydrogens (tertiary/aromatic N) is 3. The van der Waals surface area contributed by atoms with Gasteiger partial charge >= 0.3 is 0 Å². The van der Waals surface area contributed by atoms with E-state index in [0.717, 1.165) is 40.1 Å². The van der Waals surface area contributed by atoms with Crippen molar-refractivity contribution in [3.8, 4) is 11.3 Å². The van der Waals surface area contributed by atoms with Gasteiger partial charge < -0.3 is 10.6 Å². The molecule has 2 aromatic heterocycles. The van der Waals surface area contributed by atoms with E-state index in [1.165, 1.54) is 0 Å². The molecule has 0 aliphatic carbocycles. The lowest BCUT2D eigenvalue weighted by Gasteiger charge is -2.15. The van der Waals surface area contributed by atoms with Crippen LogP contribution in [0.4, 0.5) is 11.4 Å². The largest absolute Gasteiger partial charge is 0.354 e. The molecule has 0 aliphatic rings. The zero-order valence-corrected chi connectivity index (χ0v) is 16.5. The highest BCUT2D eigenvalue weighted by molar-refractivity contribution is 6.08. The van der Waals surface area contributed by atoms with Gasteiger partial charge in [-0.3, -0.25) is 14.5 Å². The number of hydrogen-bond acceptors (Lipinski definition) is 4. The van der Waals surface area contributed by atoms with Crippen LogP contribution in [0.2, 0.25) is 0 Å². The van der Waals surface area contributed by atoms with E-state index in [2.05, 4.69) is 27.6 Å². The van der Waals surface area contributed by atoms with Crippen molar-refractivity contribution in [3.05, 3.63) is 72.6 Å². The zero-order chi connectivity index (χ0) is 20.2. The molecule has 0 saturated carbocycles. The van der Waals surface area contributed by atoms with Gasteiger partial charge in [-0.15, -0.1) is 0 Å². The number of aromatic nitrogens is 3. The Kier molecular flexibility index (Phi) is 5.24. The second-order valence-corrected chi connectivity index (χ2v) is 6.69. The third-order valence-corrected chi connectivity index (χ3v) is 4.75. The number of fused-ring (bicyclic) bond motifs is 1. The molecule has 29 heavy (non-hydrogen) atoms. The average Bonchev–Trinajstić information content (AvgIpc) is 3.24. The highest BCUT2D eigenvalue weighted by Crippen LogP contribution is 2.32. The maximum Gasteiger partial charge on any atom is 0.254 e. The Morgan fingerprint density at radius 1 is 1.07 bits per heavy atom. The fourth-order valence-electron chi connectivity index (χ4n) is 3.27. The molecule has 0 saturated heterocycles. The van der Waals surface area contributed by atoms with Crippen LogP contribution in [0.3, 0.4) is 0 Å². The van der Waals surface area contributed by atoms with Gasteiger partial charge in [-0.2, -0.15) is 5.10 Å². The Morgan fingerprint density at radius 2 is 1.90 bits per heavy atom. The molecule has 0 fully saturated rings. The molecule has 6 nitrogen and oxygen atoms in total. The molecule has 6 heteroatoms. The summed E-state index contributed by atoms with van der Waals surface area (Å²) in [5.41, 5.74) is 4.85. The van der Waals surface area contributed by atoms with Gasteiger partial charge in [0.15, 0.2) is 0 Å². The molecule has 4 rings (SSSR count). The van der Waals surface area contributed by atoms with Crippen molar-refractivity contribution in [2.75, 3.05) is 11.9 Å². The van der Waals surface area contributed by atoms with E-state index in [1.54, 1.807) is 6.20 Å². The number of anilines is 2. The van der Waals surface area contributed by atoms with Gasteiger partial charge in [0.25, 0.3) is 5.91 Å². The lowest BCUT2D eigenvalue weighted by Crippen LogP contribution is -2.23. The summed E-state index contributed by atoms with van der Waals surface area (Å²) in [5.74, 6) is -0.152. The third-order valence-electron chi connectivity index (χ3n) is 4.75. The van der Waals surface area contributed by atoms with Crippen LogP contribution in [0.1, 0.15) is 24.2 Å². The molecule has 1 amide bonds. The Labute approximate surface area is 169 Å². The number of carbonyl (C=O) groups is 1. The van der Waals surface area contributed by atoms with Crippen LogP contribution in [0, 0.1) is 0 Å². The molecule has 0 atom stereocenters. The van der Waals surface area contributed by atoms with Crippen molar-refractivity contribution in [2.45, 2.75) is 20.4 Å². The minimum Gasteiger partial charge on any atom is -0.354 e. The first kappa shape index (κ1) is 18.7. The quantitative estimate of drug-likeness (QED) is 0.508. The molecular formula is C23H23N5O. The van der Waals surface area contributed by atoms with Crippen LogP contribution in [-0.4, -0.2) is 27.2 Å². The topological polar surface area (TPSA) is 71.8 Å². The second kappa shape index (κ2) is 8.14. The van der Waals surface area contributed by atoms with E-state index in [4.69, 9.17) is 0 Å². The van der Waals surface area contributed by atoms with E-state index in [0.29, 0.717) is 12.1 Å². The number of para-hydroxylation sites is 1. The minimum absolute atomic E-state index is 0.152. The highest BCUT2D eigenvalue weighted by atomic mass is 16.1. The van der Waals surface area contributed by atoms with E-state index >= 15 is 0 Å². The first-order chi connectivity index (χ1) is 14.2. The van der Waals surface area contributed by atoms with Crippen LogP contribution in [0.5, 0.6) is 0 Å². The van der Waals surface area contributed by atoms with Gasteiger partial charge in [0, 0.05) is 42.1 Å². The number of aryl methyl sites for hydroxylation is 1. The zero-order valence-electron chi connectivity index (χ0n) is 16.5. The lowest BCUT2D eigenvalue weighted by molar-refractivity contribution is 0.0956. The summed E-state index contributed by atoms with van der Waals surface area (Å²) >= 11 is 0. The number of pyridine rings is 1. The van der Waals surface area contributed by atoms with E-state index in [9.17, 15) is 4.79 Å². The van der Waals surface area contributed by atoms with Crippen LogP contribution in [0.15, 0.2) is 67.0 Å². The van der Waals surface area contributed by atoms with Crippen molar-refractivity contribution in [1.29, 1.82) is 0 Å². The molecule has 0 spiro atoms. The summed E-state index contributed by atoms with van der Waals surface area (Å²) in [4.78, 5) is 17.2. The molecule has 2 aromatic carbocycles. The molecule has 0 radical (unpaired) electrons. The molecule has 0 bridgehead atoms. The molecule has 4 aromatic rings. The summed E-state index contributed by atoms with van der Waals surface area (Å²) < 4.78 is 1.89. The molecule has 2 N–H and O–H groups in total. The number of rotatable bonds is 6. The minimum atomic E-state index is -0.152. The number of nitrogens with one attached hydrogen (secondary N) is 2. The predicted octanol–water partition coefficient (Wildman–Crippen LogP) is 4.61. The van der Waals surface area contributed by atoms with Crippen molar-refractivity contribution in [1.82, 2.24) is 20.1 Å². The Bertz CT molecular complexity index is 1150. The highest BCUT2D eigenvalue weighted by Gasteiger charge is 2.16. The monoisotopic (exact) mass is 385 g/mol. The summed E-state index contributed by atoms with van der Waals surface area (Å²) in [6.45, 7) is 5.33. The summed E-state index contributed by atoms with van der Waals surface area (Å²) in [6, 6.07) is 17.8. The lowest BCUT2D eigenvalue weighted by atomic mass is 10.0. The third kappa shape index (κ3) is 3.82. The fraction of sp³-hybridized carbons (Fsp3) is 0.174. The Morgan fingerprint density at radius 3 is 2.62 bits per heavy atom. The maximum atomic E-state index is 12.7. The molecular weight excluding hydrogens is 362 g/mol. The standard InChI is InChI=1S/C23H23N5O/c1-3-24-23(29)19-15-25-21-11-10-16(20-12-13-28(4-2)27-20)14-18(21)22(19)26-17-8-6-5-7-9-17/h5-15H,3-4H2,1-2H3,(H,24,29)(H,25,26). The van der Waals surface area contributed by atoms with Crippen molar-refractivity contribution in [2.24, 2.45) is 0 Å². The van der Waals surface area contributed by atoms with Crippen LogP contribution in [0.25, 0.3) is 22.2 Å². The number of amides is 1. The van der Waals surface area contributed by atoms with Crippen LogP contribution >= 0.6 is 0 Å². The smallest absolute Gasteiger partial charge is 0.254 e. The van der Waals surface area contributed by atoms with E-state index < -0.39 is 0 Å². The summed E-state index contributed by atoms with van der Waals surface area (Å²) in [5, 5.41) is 11.8. The molecule has 146 valence electrons. The Balaban J connectivity index is 1.88. The molecule has 0 aliphatic heterocycles. The fourth-order valence-corrected chi connectivity index (χ4v) is 3.27. The van der Waals surface area contributed by atoms with Gasteiger partial charge in [-0.05, 0) is 44.2 Å². The van der Waals surface area contributed by atoms with Crippen molar-refractivity contribution < 1.29 is 4.79 Å². The van der Waals surface area contributed by atoms with E-state index in [-0.39, 0.29) is 5.91 Å². The SMILES string of the molecule is CCNC(=O)c1cnc2ccc(-c3ccn(CC)n3)cc2c1Nc1ccccc1. The first-order valence-electron chi connectivity index (χ1n) is 9.76. The molecule has 2 heterocycles. The van der Waals surface area contributed by atoms with Gasteiger partial charge in [-0.1, -0.05) is 24.3 Å². The van der Waals surface area contributed by atoms with E-state index in [1.807, 2.05) is 72.4 Å².